The monoisotopic (exact) mass is 502 g/mol. The molecule has 3 aromatic rings. The maximum Gasteiger partial charge on any atom is 0.248 e. The van der Waals surface area contributed by atoms with Crippen molar-refractivity contribution in [3.05, 3.63) is 96.2 Å². The normalized spacial score (nSPS) is 13.1. The number of pyridine rings is 1. The minimum Gasteiger partial charge on any atom is -0.344 e. The lowest BCUT2D eigenvalue weighted by Crippen LogP contribution is -2.50. The molecule has 1 aromatic heterocycles. The number of aromatic nitrogens is 1. The van der Waals surface area contributed by atoms with Crippen molar-refractivity contribution in [2.45, 2.75) is 51.1 Å². The lowest BCUT2D eigenvalue weighted by molar-refractivity contribution is -0.166. The average Bonchev–Trinajstić information content (AvgIpc) is 2.94. The van der Waals surface area contributed by atoms with Crippen molar-refractivity contribution in [1.82, 2.24) is 15.4 Å². The van der Waals surface area contributed by atoms with E-state index in [1.54, 1.807) is 31.3 Å². The van der Waals surface area contributed by atoms with Gasteiger partial charge in [-0.05, 0) is 62.3 Å². The summed E-state index contributed by atoms with van der Waals surface area (Å²) in [5, 5.41) is 16.2. The van der Waals surface area contributed by atoms with Gasteiger partial charge in [0.1, 0.15) is 11.9 Å². The van der Waals surface area contributed by atoms with Gasteiger partial charge in [-0.1, -0.05) is 66.7 Å². The average molecular weight is 503 g/mol. The highest BCUT2D eigenvalue weighted by molar-refractivity contribution is 5.96. The van der Waals surface area contributed by atoms with Gasteiger partial charge in [0.15, 0.2) is 0 Å². The van der Waals surface area contributed by atoms with Gasteiger partial charge in [-0.3, -0.25) is 19.6 Å². The van der Waals surface area contributed by atoms with Crippen molar-refractivity contribution in [1.29, 1.82) is 0 Å². The summed E-state index contributed by atoms with van der Waals surface area (Å²) < 4.78 is 0. The van der Waals surface area contributed by atoms with Crippen LogP contribution in [0.15, 0.2) is 85.1 Å². The maximum absolute atomic E-state index is 13.5. The summed E-state index contributed by atoms with van der Waals surface area (Å²) in [6.45, 7) is 1.62. The molecule has 0 radical (unpaired) electrons. The van der Waals surface area contributed by atoms with E-state index in [2.05, 4.69) is 15.6 Å². The van der Waals surface area contributed by atoms with E-state index < -0.39 is 23.9 Å². The summed E-state index contributed by atoms with van der Waals surface area (Å²) in [5.41, 5.74) is 2.18. The molecule has 0 aliphatic heterocycles. The molecule has 0 spiro atoms. The van der Waals surface area contributed by atoms with Gasteiger partial charge < -0.3 is 10.6 Å². The number of amides is 3. The molecule has 3 amide bonds. The number of nitrogens with zero attached hydrogens (tertiary/aromatic N) is 2. The van der Waals surface area contributed by atoms with Gasteiger partial charge >= 0.3 is 0 Å². The smallest absolute Gasteiger partial charge is 0.248 e. The quantitative estimate of drug-likeness (QED) is 0.175. The number of rotatable bonds is 14. The zero-order valence-corrected chi connectivity index (χ0v) is 21.0. The van der Waals surface area contributed by atoms with Crippen LogP contribution in [-0.2, 0) is 27.2 Å². The molecule has 3 atom stereocenters. The van der Waals surface area contributed by atoms with Crippen LogP contribution in [0.5, 0.6) is 0 Å². The summed E-state index contributed by atoms with van der Waals surface area (Å²) in [6.07, 6.45) is 4.68. The lowest BCUT2D eigenvalue weighted by Gasteiger charge is -2.29. The first kappa shape index (κ1) is 27.5. The Balaban J connectivity index is 1.73. The lowest BCUT2D eigenvalue weighted by atomic mass is 9.92. The van der Waals surface area contributed by atoms with Crippen LogP contribution < -0.4 is 10.6 Å². The van der Waals surface area contributed by atoms with E-state index in [-0.39, 0.29) is 5.91 Å². The number of carbonyl (C=O) groups is 3. The number of benzene rings is 2. The zero-order valence-electron chi connectivity index (χ0n) is 21.0. The van der Waals surface area contributed by atoms with Crippen LogP contribution in [0.1, 0.15) is 37.3 Å². The Kier molecular flexibility index (Phi) is 10.8. The molecule has 0 aliphatic carbocycles. The minimum absolute atomic E-state index is 0.294. The highest BCUT2D eigenvalue weighted by Crippen LogP contribution is 2.19. The number of anilines is 1. The number of aryl methyl sites for hydroxylation is 2. The summed E-state index contributed by atoms with van der Waals surface area (Å²) in [6, 6.07) is 23.2. The fraction of sp³-hybridized carbons (Fsp3) is 0.310. The summed E-state index contributed by atoms with van der Waals surface area (Å²) in [7, 11) is 0. The van der Waals surface area contributed by atoms with Crippen LogP contribution in [0.4, 0.5) is 5.82 Å². The van der Waals surface area contributed by atoms with Crippen LogP contribution in [0.25, 0.3) is 0 Å². The van der Waals surface area contributed by atoms with Crippen molar-refractivity contribution in [2.75, 3.05) is 5.32 Å². The Morgan fingerprint density at radius 1 is 0.892 bits per heavy atom. The number of hydroxylamine groups is 2. The van der Waals surface area contributed by atoms with Crippen molar-refractivity contribution in [3.8, 4) is 0 Å². The van der Waals surface area contributed by atoms with Crippen molar-refractivity contribution >= 4 is 24.0 Å². The molecule has 1 heterocycles. The molecule has 2 aromatic carbocycles. The van der Waals surface area contributed by atoms with Crippen molar-refractivity contribution in [3.63, 3.8) is 0 Å². The number of carbonyl (C=O) groups excluding carboxylic acids is 3. The predicted molar refractivity (Wildman–Crippen MR) is 142 cm³/mol. The molecular weight excluding hydrogens is 468 g/mol. The Morgan fingerprint density at radius 2 is 1.51 bits per heavy atom. The molecule has 0 unspecified atom stereocenters. The van der Waals surface area contributed by atoms with Gasteiger partial charge in [-0.25, -0.2) is 10.0 Å². The van der Waals surface area contributed by atoms with Crippen LogP contribution in [0.3, 0.4) is 0 Å². The van der Waals surface area contributed by atoms with Crippen molar-refractivity contribution < 1.29 is 19.6 Å². The van der Waals surface area contributed by atoms with E-state index in [1.807, 2.05) is 60.7 Å². The van der Waals surface area contributed by atoms with Gasteiger partial charge in [-0.15, -0.1) is 0 Å². The molecule has 8 heteroatoms. The Bertz CT molecular complexity index is 1110. The zero-order chi connectivity index (χ0) is 26.5. The van der Waals surface area contributed by atoms with E-state index in [9.17, 15) is 19.6 Å². The molecule has 0 saturated heterocycles. The van der Waals surface area contributed by atoms with E-state index >= 15 is 0 Å². The third-order valence-corrected chi connectivity index (χ3v) is 6.38. The standard InChI is InChI=1S/C29H34N4O4/c1-22(33(37)21-34)25(16-10-15-23-11-4-2-5-12-23)28(35)31-26(19-18-24-13-6-3-7-14-24)29(36)32-27-17-8-9-20-30-27/h2-9,11-14,17,20-22,25-26,37H,10,15-16,18-19H2,1H3,(H,31,35)(H,30,32,36)/t22-,25+,26-/m0/s1. The molecule has 0 saturated carbocycles. The molecule has 0 bridgehead atoms. The first-order valence-electron chi connectivity index (χ1n) is 12.5. The first-order valence-corrected chi connectivity index (χ1v) is 12.5. The summed E-state index contributed by atoms with van der Waals surface area (Å²) in [4.78, 5) is 42.0. The third kappa shape index (κ3) is 8.84. The maximum atomic E-state index is 13.5. The second-order valence-corrected chi connectivity index (χ2v) is 9.00. The Morgan fingerprint density at radius 3 is 2.11 bits per heavy atom. The first-order chi connectivity index (χ1) is 18.0. The second-order valence-electron chi connectivity index (χ2n) is 9.00. The molecule has 3 N–H and O–H groups in total. The molecule has 0 fully saturated rings. The number of hydrogen-bond acceptors (Lipinski definition) is 5. The fourth-order valence-corrected chi connectivity index (χ4v) is 4.20. The summed E-state index contributed by atoms with van der Waals surface area (Å²) in [5.74, 6) is -1.09. The van der Waals surface area contributed by atoms with Gasteiger partial charge in [-0.2, -0.15) is 0 Å². The Labute approximate surface area is 217 Å². The van der Waals surface area contributed by atoms with E-state index in [0.29, 0.717) is 43.0 Å². The topological polar surface area (TPSA) is 112 Å². The van der Waals surface area contributed by atoms with E-state index in [4.69, 9.17) is 0 Å². The van der Waals surface area contributed by atoms with Crippen molar-refractivity contribution in [2.24, 2.45) is 5.92 Å². The fourth-order valence-electron chi connectivity index (χ4n) is 4.20. The van der Waals surface area contributed by atoms with Gasteiger partial charge in [0, 0.05) is 6.20 Å². The van der Waals surface area contributed by atoms with Gasteiger partial charge in [0.2, 0.25) is 18.2 Å². The van der Waals surface area contributed by atoms with Crippen LogP contribution in [0, 0.1) is 5.92 Å². The van der Waals surface area contributed by atoms with Crippen LogP contribution in [0.2, 0.25) is 0 Å². The third-order valence-electron chi connectivity index (χ3n) is 6.38. The predicted octanol–water partition coefficient (Wildman–Crippen LogP) is 4.01. The van der Waals surface area contributed by atoms with Crippen LogP contribution >= 0.6 is 0 Å². The highest BCUT2D eigenvalue weighted by Gasteiger charge is 2.31. The van der Waals surface area contributed by atoms with E-state index in [1.165, 1.54) is 0 Å². The second kappa shape index (κ2) is 14.5. The number of nitrogens with one attached hydrogen (secondary N) is 2. The molecule has 3 rings (SSSR count). The summed E-state index contributed by atoms with van der Waals surface area (Å²) >= 11 is 0. The SMILES string of the molecule is C[C@@H]([C@@H](CCCc1ccccc1)C(=O)N[C@@H](CCc1ccccc1)C(=O)Nc1ccccn1)N(O)C=O. The molecule has 8 nitrogen and oxygen atoms in total. The van der Waals surface area contributed by atoms with Gasteiger partial charge in [0.25, 0.3) is 0 Å². The Hall–Kier alpha value is -4.04. The number of hydrogen-bond donors (Lipinski definition) is 3. The molecule has 0 aliphatic rings. The largest absolute Gasteiger partial charge is 0.344 e. The van der Waals surface area contributed by atoms with Gasteiger partial charge in [0.05, 0.1) is 12.0 Å². The van der Waals surface area contributed by atoms with E-state index in [0.717, 1.165) is 17.5 Å². The minimum atomic E-state index is -0.832. The molecule has 37 heavy (non-hydrogen) atoms. The molecular formula is C29H34N4O4. The molecule has 194 valence electrons. The highest BCUT2D eigenvalue weighted by atomic mass is 16.5. The van der Waals surface area contributed by atoms with Crippen LogP contribution in [-0.4, -0.2) is 45.6 Å².